The lowest BCUT2D eigenvalue weighted by Gasteiger charge is -2.32. The molecule has 0 spiro atoms. The molecule has 1 heterocycles. The second-order valence-corrected chi connectivity index (χ2v) is 7.62. The fourth-order valence-electron chi connectivity index (χ4n) is 3.23. The smallest absolute Gasteiger partial charge is 0.260 e. The van der Waals surface area contributed by atoms with Crippen LogP contribution in [-0.2, 0) is 9.59 Å². The molecule has 0 bridgehead atoms. The van der Waals surface area contributed by atoms with Crippen LogP contribution in [-0.4, -0.2) is 42.5 Å². The lowest BCUT2D eigenvalue weighted by Crippen LogP contribution is -2.50. The van der Waals surface area contributed by atoms with Crippen molar-refractivity contribution in [3.8, 4) is 16.9 Å². The summed E-state index contributed by atoms with van der Waals surface area (Å²) < 4.78 is 6.71. The molecule has 1 fully saturated rings. The zero-order valence-corrected chi connectivity index (χ0v) is 16.9. The van der Waals surface area contributed by atoms with Crippen LogP contribution >= 0.6 is 15.9 Å². The van der Waals surface area contributed by atoms with Gasteiger partial charge in [0.25, 0.3) is 5.91 Å². The van der Waals surface area contributed by atoms with Gasteiger partial charge in [-0.2, -0.15) is 0 Å². The van der Waals surface area contributed by atoms with Gasteiger partial charge in [-0.1, -0.05) is 40.2 Å². The second kappa shape index (κ2) is 9.04. The highest BCUT2D eigenvalue weighted by molar-refractivity contribution is 9.10. The van der Waals surface area contributed by atoms with Crippen molar-refractivity contribution >= 4 is 27.7 Å². The van der Waals surface area contributed by atoms with E-state index in [1.165, 1.54) is 6.92 Å². The Morgan fingerprint density at radius 3 is 2.37 bits per heavy atom. The van der Waals surface area contributed by atoms with E-state index < -0.39 is 0 Å². The van der Waals surface area contributed by atoms with Crippen LogP contribution in [0.1, 0.15) is 19.8 Å². The molecule has 0 aromatic heterocycles. The highest BCUT2D eigenvalue weighted by Crippen LogP contribution is 2.24. The Kier molecular flexibility index (Phi) is 6.50. The number of amides is 2. The number of benzene rings is 2. The first kappa shape index (κ1) is 19.4. The van der Waals surface area contributed by atoms with Gasteiger partial charge in [-0.3, -0.25) is 9.59 Å². The monoisotopic (exact) mass is 430 g/mol. The first-order valence-corrected chi connectivity index (χ1v) is 9.84. The molecule has 1 atom stereocenters. The average Bonchev–Trinajstić information content (AvgIpc) is 2.67. The standard InChI is InChI=1S/C21H23BrN2O3/c1-15(25)23-19-3-2-12-24(13-19)21(26)14-27-20-10-6-17(7-11-20)16-4-8-18(22)9-5-16/h4-11,19H,2-3,12-14H2,1H3,(H,23,25)/t19-/m0/s1. The maximum Gasteiger partial charge on any atom is 0.260 e. The van der Waals surface area contributed by atoms with E-state index in [-0.39, 0.29) is 24.5 Å². The normalized spacial score (nSPS) is 16.7. The number of halogens is 1. The molecule has 1 aliphatic rings. The predicted molar refractivity (Wildman–Crippen MR) is 108 cm³/mol. The topological polar surface area (TPSA) is 58.6 Å². The van der Waals surface area contributed by atoms with Gasteiger partial charge in [0.2, 0.25) is 5.91 Å². The molecule has 5 nitrogen and oxygen atoms in total. The third kappa shape index (κ3) is 5.57. The quantitative estimate of drug-likeness (QED) is 0.787. The van der Waals surface area contributed by atoms with E-state index in [2.05, 4.69) is 21.2 Å². The molecule has 1 saturated heterocycles. The number of ether oxygens (including phenoxy) is 1. The third-order valence-corrected chi connectivity index (χ3v) is 5.10. The number of piperidine rings is 1. The van der Waals surface area contributed by atoms with Crippen LogP contribution in [0, 0.1) is 0 Å². The maximum atomic E-state index is 12.4. The zero-order chi connectivity index (χ0) is 19.2. The molecule has 2 amide bonds. The van der Waals surface area contributed by atoms with Crippen molar-refractivity contribution in [2.75, 3.05) is 19.7 Å². The van der Waals surface area contributed by atoms with Crippen molar-refractivity contribution < 1.29 is 14.3 Å². The third-order valence-electron chi connectivity index (χ3n) is 4.58. The molecular formula is C21H23BrN2O3. The summed E-state index contributed by atoms with van der Waals surface area (Å²) in [5.41, 5.74) is 2.22. The van der Waals surface area contributed by atoms with Crippen molar-refractivity contribution in [2.24, 2.45) is 0 Å². The van der Waals surface area contributed by atoms with Crippen molar-refractivity contribution in [2.45, 2.75) is 25.8 Å². The highest BCUT2D eigenvalue weighted by atomic mass is 79.9. The van der Waals surface area contributed by atoms with Crippen LogP contribution in [0.4, 0.5) is 0 Å². The van der Waals surface area contributed by atoms with Crippen LogP contribution in [0.2, 0.25) is 0 Å². The van der Waals surface area contributed by atoms with Gasteiger partial charge in [-0.15, -0.1) is 0 Å². The molecule has 0 aliphatic carbocycles. The van der Waals surface area contributed by atoms with Crippen LogP contribution in [0.3, 0.4) is 0 Å². The fourth-order valence-corrected chi connectivity index (χ4v) is 3.50. The van der Waals surface area contributed by atoms with E-state index in [0.717, 1.165) is 28.4 Å². The molecule has 2 aromatic rings. The van der Waals surface area contributed by atoms with Gasteiger partial charge in [0.15, 0.2) is 6.61 Å². The Balaban J connectivity index is 1.52. The van der Waals surface area contributed by atoms with E-state index in [0.29, 0.717) is 18.8 Å². The Morgan fingerprint density at radius 1 is 1.11 bits per heavy atom. The SMILES string of the molecule is CC(=O)N[C@H]1CCCN(C(=O)COc2ccc(-c3ccc(Br)cc3)cc2)C1. The molecule has 1 aliphatic heterocycles. The molecule has 1 N–H and O–H groups in total. The van der Waals surface area contributed by atoms with Gasteiger partial charge >= 0.3 is 0 Å². The summed E-state index contributed by atoms with van der Waals surface area (Å²) >= 11 is 3.44. The van der Waals surface area contributed by atoms with Gasteiger partial charge in [-0.25, -0.2) is 0 Å². The van der Waals surface area contributed by atoms with Crippen molar-refractivity contribution in [1.82, 2.24) is 10.2 Å². The lowest BCUT2D eigenvalue weighted by molar-refractivity contribution is -0.135. The number of carbonyl (C=O) groups excluding carboxylic acids is 2. The van der Waals surface area contributed by atoms with E-state index in [9.17, 15) is 9.59 Å². The average molecular weight is 431 g/mol. The number of nitrogens with zero attached hydrogens (tertiary/aromatic N) is 1. The van der Waals surface area contributed by atoms with E-state index in [1.807, 2.05) is 48.5 Å². The molecule has 0 unspecified atom stereocenters. The molecule has 0 radical (unpaired) electrons. The Morgan fingerprint density at radius 2 is 1.74 bits per heavy atom. The number of hydrogen-bond acceptors (Lipinski definition) is 3. The summed E-state index contributed by atoms with van der Waals surface area (Å²) in [5.74, 6) is 0.554. The van der Waals surface area contributed by atoms with Crippen molar-refractivity contribution in [3.05, 3.63) is 53.0 Å². The minimum atomic E-state index is -0.0589. The number of hydrogen-bond donors (Lipinski definition) is 1. The Hall–Kier alpha value is -2.34. The van der Waals surface area contributed by atoms with Gasteiger partial charge < -0.3 is 15.0 Å². The minimum absolute atomic E-state index is 0.00439. The number of carbonyl (C=O) groups is 2. The molecule has 6 heteroatoms. The van der Waals surface area contributed by atoms with E-state index in [4.69, 9.17) is 4.74 Å². The number of nitrogens with one attached hydrogen (secondary N) is 1. The lowest BCUT2D eigenvalue weighted by atomic mass is 10.1. The Labute approximate surface area is 167 Å². The van der Waals surface area contributed by atoms with Crippen LogP contribution in [0.5, 0.6) is 5.75 Å². The van der Waals surface area contributed by atoms with Gasteiger partial charge in [0.1, 0.15) is 5.75 Å². The molecule has 3 rings (SSSR count). The van der Waals surface area contributed by atoms with Crippen molar-refractivity contribution in [1.29, 1.82) is 0 Å². The minimum Gasteiger partial charge on any atom is -0.484 e. The molecule has 0 saturated carbocycles. The second-order valence-electron chi connectivity index (χ2n) is 6.70. The number of likely N-dealkylation sites (tertiary alicyclic amines) is 1. The largest absolute Gasteiger partial charge is 0.484 e. The number of rotatable bonds is 5. The van der Waals surface area contributed by atoms with Crippen LogP contribution in [0.25, 0.3) is 11.1 Å². The first-order valence-electron chi connectivity index (χ1n) is 9.05. The first-order chi connectivity index (χ1) is 13.0. The molecule has 142 valence electrons. The summed E-state index contributed by atoms with van der Waals surface area (Å²) in [5, 5.41) is 2.89. The van der Waals surface area contributed by atoms with Crippen molar-refractivity contribution in [3.63, 3.8) is 0 Å². The fraction of sp³-hybridized carbons (Fsp3) is 0.333. The maximum absolute atomic E-state index is 12.4. The van der Waals surface area contributed by atoms with E-state index >= 15 is 0 Å². The van der Waals surface area contributed by atoms with Gasteiger partial charge in [0, 0.05) is 30.5 Å². The molecular weight excluding hydrogens is 408 g/mol. The van der Waals surface area contributed by atoms with Gasteiger partial charge in [-0.05, 0) is 48.2 Å². The summed E-state index contributed by atoms with van der Waals surface area (Å²) in [6.07, 6.45) is 1.79. The summed E-state index contributed by atoms with van der Waals surface area (Å²) in [6.45, 7) is 2.76. The predicted octanol–water partition coefficient (Wildman–Crippen LogP) is 3.62. The van der Waals surface area contributed by atoms with Gasteiger partial charge in [0.05, 0.1) is 0 Å². The highest BCUT2D eigenvalue weighted by Gasteiger charge is 2.24. The van der Waals surface area contributed by atoms with E-state index in [1.54, 1.807) is 4.90 Å². The molecule has 27 heavy (non-hydrogen) atoms. The van der Waals surface area contributed by atoms with Crippen LogP contribution < -0.4 is 10.1 Å². The molecule has 2 aromatic carbocycles. The zero-order valence-electron chi connectivity index (χ0n) is 15.3. The summed E-state index contributed by atoms with van der Waals surface area (Å²) in [7, 11) is 0. The van der Waals surface area contributed by atoms with Crippen LogP contribution in [0.15, 0.2) is 53.0 Å². The Bertz CT molecular complexity index is 790. The summed E-state index contributed by atoms with van der Waals surface area (Å²) in [4.78, 5) is 25.4. The summed E-state index contributed by atoms with van der Waals surface area (Å²) in [6, 6.07) is 15.9.